The van der Waals surface area contributed by atoms with Crippen LogP contribution in [0.2, 0.25) is 0 Å². The number of hydrogen-bond acceptors (Lipinski definition) is 5. The smallest absolute Gasteiger partial charge is 0.290 e. The molecule has 2 fully saturated rings. The van der Waals surface area contributed by atoms with E-state index in [0.29, 0.717) is 17.8 Å². The topological polar surface area (TPSA) is 98.8 Å². The lowest BCUT2D eigenvalue weighted by molar-refractivity contribution is -0.122. The van der Waals surface area contributed by atoms with Crippen LogP contribution in [-0.2, 0) is 4.79 Å². The number of fused-ring (bicyclic) bond motifs is 3. The van der Waals surface area contributed by atoms with Crippen LogP contribution in [0.15, 0.2) is 18.2 Å². The van der Waals surface area contributed by atoms with Crippen molar-refractivity contribution in [3.8, 4) is 5.75 Å². The highest BCUT2D eigenvalue weighted by molar-refractivity contribution is 6.05. The van der Waals surface area contributed by atoms with Crippen molar-refractivity contribution in [1.82, 2.24) is 20.0 Å². The molecule has 0 spiro atoms. The van der Waals surface area contributed by atoms with Crippen molar-refractivity contribution < 1.29 is 19.4 Å². The first kappa shape index (κ1) is 17.2. The van der Waals surface area contributed by atoms with Crippen molar-refractivity contribution >= 4 is 23.3 Å². The third-order valence-electron chi connectivity index (χ3n) is 5.11. The fraction of sp³-hybridized carbons (Fsp3) is 0.471. The van der Waals surface area contributed by atoms with Gasteiger partial charge in [0.15, 0.2) is 5.69 Å². The number of likely N-dealkylation sites (N-methyl/N-ethyl adjacent to an activating group) is 1. The van der Waals surface area contributed by atoms with E-state index < -0.39 is 0 Å². The van der Waals surface area contributed by atoms with Crippen LogP contribution in [-0.4, -0.2) is 76.8 Å². The molecular weight excluding hydrogens is 324 g/mol. The van der Waals surface area contributed by atoms with Crippen molar-refractivity contribution in [2.45, 2.75) is 24.9 Å². The average Bonchev–Trinajstić information content (AvgIpc) is 3.10. The summed E-state index contributed by atoms with van der Waals surface area (Å²) in [6.07, 6.45) is 2.37. The molecule has 2 aliphatic rings. The number of rotatable bonds is 2. The van der Waals surface area contributed by atoms with Gasteiger partial charge in [0.1, 0.15) is 5.75 Å². The van der Waals surface area contributed by atoms with E-state index in [0.717, 1.165) is 29.7 Å². The van der Waals surface area contributed by atoms with Crippen molar-refractivity contribution in [2.24, 2.45) is 0 Å². The summed E-state index contributed by atoms with van der Waals surface area (Å²) in [7, 11) is 3.80. The highest BCUT2D eigenvalue weighted by atomic mass is 16.5. The van der Waals surface area contributed by atoms with E-state index in [1.807, 2.05) is 23.1 Å². The lowest BCUT2D eigenvalue weighted by Crippen LogP contribution is -2.53. The van der Waals surface area contributed by atoms with Gasteiger partial charge in [-0.05, 0) is 32.0 Å². The molecule has 2 aromatic rings. The van der Waals surface area contributed by atoms with Gasteiger partial charge in [-0.25, -0.2) is 0 Å². The fourth-order valence-corrected chi connectivity index (χ4v) is 3.72. The molecule has 3 heterocycles. The Labute approximate surface area is 145 Å². The van der Waals surface area contributed by atoms with E-state index in [1.54, 1.807) is 7.11 Å². The van der Waals surface area contributed by atoms with Crippen LogP contribution in [0, 0.1) is 0 Å². The number of aromatic nitrogens is 2. The summed E-state index contributed by atoms with van der Waals surface area (Å²) < 4.78 is 5.21. The minimum absolute atomic E-state index is 0.0291. The highest BCUT2D eigenvalue weighted by Gasteiger charge is 2.39. The predicted octanol–water partition coefficient (Wildman–Crippen LogP) is 1.19. The molecule has 4 rings (SSSR count). The quantitative estimate of drug-likeness (QED) is 0.793. The molecule has 0 radical (unpaired) electrons. The molecule has 0 saturated carbocycles. The zero-order valence-corrected chi connectivity index (χ0v) is 14.3. The second-order valence-corrected chi connectivity index (χ2v) is 6.35. The van der Waals surface area contributed by atoms with Crippen molar-refractivity contribution in [3.05, 3.63) is 23.9 Å². The van der Waals surface area contributed by atoms with E-state index in [2.05, 4.69) is 22.1 Å². The molecule has 1 amide bonds. The van der Waals surface area contributed by atoms with Gasteiger partial charge in [-0.2, -0.15) is 5.10 Å². The standard InChI is InChI=1S/C16H20N4O2.CH2O2/c1-19-10-3-4-11(19)9-20(8-10)16(21)15-13-6-5-12(22-2)7-14(13)17-18-15;2-1-3/h5-7,10-11H,3-4,8-9H2,1-2H3,(H,17,18);1H,(H,2,3). The number of methoxy groups -OCH3 is 1. The molecular formula is C17H22N4O4. The molecule has 1 aromatic heterocycles. The second kappa shape index (κ2) is 7.10. The average molecular weight is 346 g/mol. The first-order chi connectivity index (χ1) is 12.1. The minimum atomic E-state index is -0.250. The van der Waals surface area contributed by atoms with Crippen LogP contribution in [0.25, 0.3) is 10.9 Å². The molecule has 2 unspecified atom stereocenters. The Morgan fingerprint density at radius 1 is 1.36 bits per heavy atom. The normalized spacial score (nSPS) is 22.4. The van der Waals surface area contributed by atoms with E-state index in [4.69, 9.17) is 14.6 Å². The van der Waals surface area contributed by atoms with Gasteiger partial charge in [-0.15, -0.1) is 0 Å². The summed E-state index contributed by atoms with van der Waals surface area (Å²) >= 11 is 0. The van der Waals surface area contributed by atoms with E-state index >= 15 is 0 Å². The fourth-order valence-electron chi connectivity index (χ4n) is 3.72. The highest BCUT2D eigenvalue weighted by Crippen LogP contribution is 2.30. The predicted molar refractivity (Wildman–Crippen MR) is 91.8 cm³/mol. The Hall–Kier alpha value is -2.61. The number of carboxylic acid groups (broad SMARTS) is 1. The molecule has 8 nitrogen and oxygen atoms in total. The van der Waals surface area contributed by atoms with Crippen molar-refractivity contribution in [2.75, 3.05) is 27.2 Å². The monoisotopic (exact) mass is 346 g/mol. The van der Waals surface area contributed by atoms with E-state index in [9.17, 15) is 4.79 Å². The zero-order chi connectivity index (χ0) is 18.0. The van der Waals surface area contributed by atoms with Gasteiger partial charge in [0, 0.05) is 36.6 Å². The van der Waals surface area contributed by atoms with Gasteiger partial charge >= 0.3 is 0 Å². The molecule has 2 atom stereocenters. The summed E-state index contributed by atoms with van der Waals surface area (Å²) in [5.74, 6) is 0.786. The number of H-pyrrole nitrogens is 1. The van der Waals surface area contributed by atoms with Gasteiger partial charge in [0.2, 0.25) is 0 Å². The number of carbonyl (C=O) groups excluding carboxylic acids is 1. The summed E-state index contributed by atoms with van der Waals surface area (Å²) in [5.41, 5.74) is 1.35. The van der Waals surface area contributed by atoms with Crippen LogP contribution >= 0.6 is 0 Å². The molecule has 2 N–H and O–H groups in total. The van der Waals surface area contributed by atoms with Crippen LogP contribution in [0.1, 0.15) is 23.3 Å². The molecule has 2 bridgehead atoms. The first-order valence-corrected chi connectivity index (χ1v) is 8.20. The summed E-state index contributed by atoms with van der Waals surface area (Å²) in [6, 6.07) is 6.62. The Balaban J connectivity index is 0.000000569. The van der Waals surface area contributed by atoms with Gasteiger partial charge in [-0.1, -0.05) is 0 Å². The maximum atomic E-state index is 12.8. The maximum Gasteiger partial charge on any atom is 0.290 e. The minimum Gasteiger partial charge on any atom is -0.497 e. The third kappa shape index (κ3) is 3.17. The second-order valence-electron chi connectivity index (χ2n) is 6.35. The number of nitrogens with zero attached hydrogens (tertiary/aromatic N) is 3. The van der Waals surface area contributed by atoms with E-state index in [1.165, 1.54) is 12.8 Å². The Kier molecular flexibility index (Phi) is 4.89. The van der Waals surface area contributed by atoms with Gasteiger partial charge in [0.25, 0.3) is 12.4 Å². The molecule has 1 aromatic carbocycles. The number of piperazine rings is 1. The number of ether oxygens (including phenoxy) is 1. The number of benzene rings is 1. The van der Waals surface area contributed by atoms with Gasteiger partial charge in [0.05, 0.1) is 12.6 Å². The molecule has 2 saturated heterocycles. The SMILES string of the molecule is COc1ccc2c(C(=O)N3CC4CCC(C3)N4C)n[nH]c2c1.O=CO. The Bertz CT molecular complexity index is 761. The summed E-state index contributed by atoms with van der Waals surface area (Å²) in [4.78, 5) is 25.6. The van der Waals surface area contributed by atoms with Gasteiger partial charge in [-0.3, -0.25) is 19.6 Å². The van der Waals surface area contributed by atoms with Crippen LogP contribution in [0.3, 0.4) is 0 Å². The number of aromatic amines is 1. The number of nitrogens with one attached hydrogen (secondary N) is 1. The lowest BCUT2D eigenvalue weighted by Gasteiger charge is -2.38. The molecule has 8 heteroatoms. The molecule has 134 valence electrons. The summed E-state index contributed by atoms with van der Waals surface area (Å²) in [5, 5.41) is 14.9. The Morgan fingerprint density at radius 2 is 2.00 bits per heavy atom. The number of likely N-dealkylation sites (tertiary alicyclic amines) is 1. The van der Waals surface area contributed by atoms with Crippen LogP contribution in [0.5, 0.6) is 5.75 Å². The van der Waals surface area contributed by atoms with Crippen molar-refractivity contribution in [3.63, 3.8) is 0 Å². The van der Waals surface area contributed by atoms with Gasteiger partial charge < -0.3 is 14.7 Å². The Morgan fingerprint density at radius 3 is 2.60 bits per heavy atom. The largest absolute Gasteiger partial charge is 0.497 e. The number of amides is 1. The lowest BCUT2D eigenvalue weighted by atomic mass is 10.1. The molecule has 2 aliphatic heterocycles. The number of carbonyl (C=O) groups is 2. The molecule has 25 heavy (non-hydrogen) atoms. The maximum absolute atomic E-state index is 12.8. The zero-order valence-electron chi connectivity index (χ0n) is 14.3. The van der Waals surface area contributed by atoms with Crippen LogP contribution < -0.4 is 4.74 Å². The third-order valence-corrected chi connectivity index (χ3v) is 5.11. The molecule has 0 aliphatic carbocycles. The van der Waals surface area contributed by atoms with Crippen LogP contribution in [0.4, 0.5) is 0 Å². The first-order valence-electron chi connectivity index (χ1n) is 8.20. The summed E-state index contributed by atoms with van der Waals surface area (Å²) in [6.45, 7) is 1.35. The van der Waals surface area contributed by atoms with Crippen molar-refractivity contribution in [1.29, 1.82) is 0 Å². The number of hydrogen-bond donors (Lipinski definition) is 2. The van der Waals surface area contributed by atoms with E-state index in [-0.39, 0.29) is 12.4 Å².